The summed E-state index contributed by atoms with van der Waals surface area (Å²) in [5, 5.41) is 3.95. The average Bonchev–Trinajstić information content (AvgIpc) is 3.65. The van der Waals surface area contributed by atoms with Gasteiger partial charge in [0.15, 0.2) is 6.79 Å². The highest BCUT2D eigenvalue weighted by Crippen LogP contribution is 2.34. The van der Waals surface area contributed by atoms with E-state index in [-0.39, 0.29) is 41.8 Å². The Balaban J connectivity index is 0.000000832. The average molecular weight is 781 g/mol. The molecule has 0 aliphatic carbocycles. The maximum Gasteiger partial charge on any atom is 0.307 e. The van der Waals surface area contributed by atoms with Crippen LogP contribution in [-0.4, -0.2) is 60.4 Å². The third-order valence-electron chi connectivity index (χ3n) is 7.25. The number of fused-ring (bicyclic) bond motifs is 2. The number of aromatic nitrogens is 1. The molecule has 3 atom stereocenters. The van der Waals surface area contributed by atoms with Crippen molar-refractivity contribution in [3.8, 4) is 0 Å². The van der Waals surface area contributed by atoms with Crippen molar-refractivity contribution in [3.05, 3.63) is 65.9 Å². The minimum atomic E-state index is -0.816. The number of nitrogens with one attached hydrogen (secondary N) is 2. The highest BCUT2D eigenvalue weighted by molar-refractivity contribution is 14.1. The minimum absolute atomic E-state index is 0.0782. The molecule has 11 heteroatoms. The van der Waals surface area contributed by atoms with Crippen LogP contribution in [0.15, 0.2) is 54.7 Å². The molecule has 10 nitrogen and oxygen atoms in total. The van der Waals surface area contributed by atoms with Crippen LogP contribution in [0.2, 0.25) is 0 Å². The minimum Gasteiger partial charge on any atom is -0.469 e. The number of para-hydroxylation sites is 2. The van der Waals surface area contributed by atoms with Crippen molar-refractivity contribution in [1.82, 2.24) is 10.3 Å². The summed E-state index contributed by atoms with van der Waals surface area (Å²) >= 11 is 1.80. The maximum atomic E-state index is 13.9. The number of ether oxygens (including phenoxy) is 2. The van der Waals surface area contributed by atoms with E-state index < -0.39 is 12.1 Å². The zero-order valence-electron chi connectivity index (χ0n) is 30.4. The highest BCUT2D eigenvalue weighted by Gasteiger charge is 2.39. The molecule has 0 fully saturated rings. The second-order valence-corrected chi connectivity index (χ2v) is 12.9. The van der Waals surface area contributed by atoms with E-state index in [0.29, 0.717) is 26.1 Å². The molecule has 1 aliphatic heterocycles. The van der Waals surface area contributed by atoms with Gasteiger partial charge in [-0.15, -0.1) is 0 Å². The number of methoxy groups -OCH3 is 1. The van der Waals surface area contributed by atoms with E-state index in [0.717, 1.165) is 27.7 Å². The van der Waals surface area contributed by atoms with Gasteiger partial charge in [-0.1, -0.05) is 77.9 Å². The lowest BCUT2D eigenvalue weighted by atomic mass is 10.00. The van der Waals surface area contributed by atoms with Gasteiger partial charge in [0.25, 0.3) is 0 Å². The molecule has 1 aromatic heterocycles. The van der Waals surface area contributed by atoms with Gasteiger partial charge in [0, 0.05) is 22.8 Å². The van der Waals surface area contributed by atoms with Crippen LogP contribution < -0.4 is 16.0 Å². The molecular formula is C37H57IN4O6. The fourth-order valence-corrected chi connectivity index (χ4v) is 5.29. The van der Waals surface area contributed by atoms with Crippen LogP contribution in [0.3, 0.4) is 0 Å². The molecule has 268 valence electrons. The second kappa shape index (κ2) is 21.9. The summed E-state index contributed by atoms with van der Waals surface area (Å²) < 4.78 is 14.7. The second-order valence-electron chi connectivity index (χ2n) is 12.3. The SMILES string of the molecule is CC.CC.CC(C)(C)OCOI.COC(=O)CC1Cc2ccccc2N1C(=O)C(CC(C)C)NC(=O)C(N)Cc1c[nH]c2ccccc12. The summed E-state index contributed by atoms with van der Waals surface area (Å²) in [4.78, 5) is 44.0. The first-order valence-electron chi connectivity index (χ1n) is 16.8. The molecule has 1 aliphatic rings. The third-order valence-corrected chi connectivity index (χ3v) is 7.50. The number of esters is 1. The molecule has 0 saturated heterocycles. The Morgan fingerprint density at radius 2 is 1.67 bits per heavy atom. The number of H-pyrrole nitrogens is 1. The molecule has 2 amide bonds. The Bertz CT molecular complexity index is 1400. The Labute approximate surface area is 301 Å². The van der Waals surface area contributed by atoms with E-state index in [2.05, 4.69) is 13.4 Å². The number of nitrogens with zero attached hydrogens (tertiary/aromatic N) is 1. The Morgan fingerprint density at radius 1 is 1.04 bits per heavy atom. The van der Waals surface area contributed by atoms with Gasteiger partial charge in [-0.05, 0) is 69.2 Å². The summed E-state index contributed by atoms with van der Waals surface area (Å²) in [6.45, 7) is 18.3. The van der Waals surface area contributed by atoms with Crippen LogP contribution in [0.4, 0.5) is 5.69 Å². The van der Waals surface area contributed by atoms with Crippen molar-refractivity contribution in [2.24, 2.45) is 11.7 Å². The number of anilines is 1. The first kappa shape index (κ1) is 43.0. The maximum absolute atomic E-state index is 13.9. The Kier molecular flexibility index (Phi) is 19.6. The number of aromatic amines is 1. The van der Waals surface area contributed by atoms with Gasteiger partial charge in [-0.2, -0.15) is 0 Å². The number of carbonyl (C=O) groups is 3. The zero-order chi connectivity index (χ0) is 36.4. The van der Waals surface area contributed by atoms with Gasteiger partial charge in [-0.25, -0.2) is 0 Å². The van der Waals surface area contributed by atoms with Crippen molar-refractivity contribution in [3.63, 3.8) is 0 Å². The monoisotopic (exact) mass is 780 g/mol. The molecule has 2 aromatic carbocycles. The number of hydrogen-bond donors (Lipinski definition) is 3. The Morgan fingerprint density at radius 3 is 2.25 bits per heavy atom. The number of benzene rings is 2. The van der Waals surface area contributed by atoms with Crippen molar-refractivity contribution < 1.29 is 26.9 Å². The summed E-state index contributed by atoms with van der Waals surface area (Å²) in [6.07, 6.45) is 3.30. The molecule has 0 bridgehead atoms. The summed E-state index contributed by atoms with van der Waals surface area (Å²) in [7, 11) is 1.34. The molecule has 48 heavy (non-hydrogen) atoms. The lowest BCUT2D eigenvalue weighted by Gasteiger charge is -2.31. The molecule has 3 aromatic rings. The van der Waals surface area contributed by atoms with Crippen molar-refractivity contribution in [2.45, 2.75) is 112 Å². The van der Waals surface area contributed by atoms with Crippen LogP contribution in [0.1, 0.15) is 86.3 Å². The van der Waals surface area contributed by atoms with Crippen LogP contribution in [0.25, 0.3) is 10.9 Å². The lowest BCUT2D eigenvalue weighted by Crippen LogP contribution is -2.55. The fraction of sp³-hybridized carbons (Fsp3) is 0.541. The smallest absolute Gasteiger partial charge is 0.307 e. The number of amides is 2. The number of carbonyl (C=O) groups excluding carboxylic acids is 3. The van der Waals surface area contributed by atoms with Crippen LogP contribution in [0.5, 0.6) is 0 Å². The Hall–Kier alpha value is -3.00. The van der Waals surface area contributed by atoms with Crippen molar-refractivity contribution in [2.75, 3.05) is 18.8 Å². The third kappa shape index (κ3) is 13.5. The van der Waals surface area contributed by atoms with E-state index in [1.807, 2.05) is 117 Å². The van der Waals surface area contributed by atoms with Crippen molar-refractivity contribution in [1.29, 1.82) is 0 Å². The van der Waals surface area contributed by atoms with Crippen molar-refractivity contribution >= 4 is 57.4 Å². The van der Waals surface area contributed by atoms with Crippen LogP contribution in [0, 0.1) is 5.92 Å². The van der Waals surface area contributed by atoms with E-state index in [1.165, 1.54) is 7.11 Å². The highest BCUT2D eigenvalue weighted by atomic mass is 127. The van der Waals surface area contributed by atoms with E-state index >= 15 is 0 Å². The van der Waals surface area contributed by atoms with E-state index in [9.17, 15) is 14.4 Å². The molecule has 0 saturated carbocycles. The van der Waals surface area contributed by atoms with Gasteiger partial charge in [0.2, 0.25) is 11.8 Å². The van der Waals surface area contributed by atoms with Gasteiger partial charge in [0.05, 0.1) is 31.2 Å². The molecular weight excluding hydrogens is 723 g/mol. The fourth-order valence-electron chi connectivity index (χ4n) is 5.17. The largest absolute Gasteiger partial charge is 0.469 e. The van der Waals surface area contributed by atoms with Gasteiger partial charge in [0.1, 0.15) is 29.0 Å². The summed E-state index contributed by atoms with van der Waals surface area (Å²) in [6, 6.07) is 13.5. The number of halogens is 1. The molecule has 2 heterocycles. The van der Waals surface area contributed by atoms with Gasteiger partial charge in [-0.3, -0.25) is 17.4 Å². The van der Waals surface area contributed by atoms with Gasteiger partial charge < -0.3 is 30.4 Å². The number of rotatable bonds is 11. The normalized spacial score (nSPS) is 14.7. The van der Waals surface area contributed by atoms with Gasteiger partial charge >= 0.3 is 5.97 Å². The topological polar surface area (TPSA) is 136 Å². The quantitative estimate of drug-likeness (QED) is 0.106. The summed E-state index contributed by atoms with van der Waals surface area (Å²) in [5.74, 6) is -0.844. The molecule has 0 radical (unpaired) electrons. The molecule has 0 spiro atoms. The van der Waals surface area contributed by atoms with E-state index in [4.69, 9.17) is 15.2 Å². The number of hydrogen-bond acceptors (Lipinski definition) is 7. The first-order chi connectivity index (χ1) is 22.8. The van der Waals surface area contributed by atoms with E-state index in [1.54, 1.807) is 27.9 Å². The molecule has 4 rings (SSSR count). The molecule has 3 unspecified atom stereocenters. The predicted molar refractivity (Wildman–Crippen MR) is 203 cm³/mol. The number of nitrogens with two attached hydrogens (primary N) is 1. The molecule has 4 N–H and O–H groups in total. The first-order valence-corrected chi connectivity index (χ1v) is 17.7. The summed E-state index contributed by atoms with van der Waals surface area (Å²) in [5.41, 5.74) is 9.92. The van der Waals surface area contributed by atoms with Crippen LogP contribution in [-0.2, 0) is 39.8 Å². The predicted octanol–water partition coefficient (Wildman–Crippen LogP) is 7.27. The lowest BCUT2D eigenvalue weighted by molar-refractivity contribution is -0.141. The zero-order valence-corrected chi connectivity index (χ0v) is 32.6. The van der Waals surface area contributed by atoms with Crippen LogP contribution >= 0.6 is 23.0 Å². The standard InChI is InChI=1S/C28H34N4O4.C5H11IO2.2C2H6/c1-17(2)12-24(31-27(34)22(29)14-19-16-30-23-10-6-5-9-21(19)23)28(35)32-20(15-26(33)36-3)13-18-8-4-7-11-25(18)32;1-5(2,3)7-4-8-6;2*1-2/h4-11,16-17,20,22,24,30H,12-15,29H2,1-3H3,(H,31,34);4H2,1-3H3;2*1-2H3.